The van der Waals surface area contributed by atoms with Gasteiger partial charge in [0.1, 0.15) is 0 Å². The fraction of sp³-hybridized carbons (Fsp3) is 0.733. The van der Waals surface area contributed by atoms with E-state index >= 15 is 0 Å². The Labute approximate surface area is 130 Å². The molecule has 5 heteroatoms. The molecule has 2 saturated heterocycles. The Morgan fingerprint density at radius 1 is 1.40 bits per heavy atom. The molecule has 1 aromatic heterocycles. The molecule has 2 fully saturated rings. The molecule has 0 aromatic carbocycles. The van der Waals surface area contributed by atoms with Crippen LogP contribution in [0.15, 0.2) is 12.1 Å². The molecule has 2 N–H and O–H groups in total. The van der Waals surface area contributed by atoms with Gasteiger partial charge in [-0.1, -0.05) is 11.6 Å². The summed E-state index contributed by atoms with van der Waals surface area (Å²) in [5.74, 6) is 0. The zero-order valence-electron chi connectivity index (χ0n) is 12.3. The Morgan fingerprint density at radius 2 is 2.20 bits per heavy atom. The smallest absolute Gasteiger partial charge is 0.0931 e. The van der Waals surface area contributed by atoms with Crippen molar-refractivity contribution in [2.24, 2.45) is 5.73 Å². The molecule has 3 nitrogen and oxygen atoms in total. The maximum Gasteiger partial charge on any atom is 0.0931 e. The minimum Gasteiger partial charge on any atom is -0.326 e. The number of fused-ring (bicyclic) bond motifs is 1. The molecular formula is C15H24ClN3S. The SMILES string of the molecule is CC(N)C(c1ccc(Cl)s1)N1CC2CCCN2CC1C. The van der Waals surface area contributed by atoms with E-state index in [4.69, 9.17) is 17.3 Å². The number of hydrogen-bond donors (Lipinski definition) is 1. The van der Waals surface area contributed by atoms with Crippen LogP contribution in [0.2, 0.25) is 4.34 Å². The van der Waals surface area contributed by atoms with Gasteiger partial charge in [0.2, 0.25) is 0 Å². The van der Waals surface area contributed by atoms with E-state index in [0.717, 1.165) is 16.9 Å². The second-order valence-electron chi connectivity index (χ2n) is 6.28. The predicted octanol–water partition coefficient (Wildman–Crippen LogP) is 2.96. The number of rotatable bonds is 3. The van der Waals surface area contributed by atoms with Crippen LogP contribution in [0.5, 0.6) is 0 Å². The highest BCUT2D eigenvalue weighted by molar-refractivity contribution is 7.16. The van der Waals surface area contributed by atoms with Crippen molar-refractivity contribution in [3.05, 3.63) is 21.3 Å². The lowest BCUT2D eigenvalue weighted by molar-refractivity contribution is 0.0217. The molecule has 0 radical (unpaired) electrons. The number of nitrogens with two attached hydrogens (primary N) is 1. The monoisotopic (exact) mass is 313 g/mol. The molecule has 2 aliphatic rings. The second kappa shape index (κ2) is 5.93. The Hall–Kier alpha value is -0.130. The molecule has 4 unspecified atom stereocenters. The lowest BCUT2D eigenvalue weighted by Crippen LogP contribution is -2.57. The van der Waals surface area contributed by atoms with Gasteiger partial charge in [0.15, 0.2) is 0 Å². The molecule has 0 spiro atoms. The Kier molecular flexibility index (Phi) is 4.39. The average molecular weight is 314 g/mol. The molecular weight excluding hydrogens is 290 g/mol. The van der Waals surface area contributed by atoms with Crippen LogP contribution in [0.4, 0.5) is 0 Å². The molecule has 112 valence electrons. The molecule has 0 aliphatic carbocycles. The van der Waals surface area contributed by atoms with E-state index in [2.05, 4.69) is 29.7 Å². The van der Waals surface area contributed by atoms with Gasteiger partial charge in [0, 0.05) is 36.1 Å². The standard InChI is InChI=1S/C15H24ClN3S/c1-10-8-18-7-3-4-12(18)9-19(10)15(11(2)17)13-5-6-14(16)20-13/h5-6,10-12,15H,3-4,7-9,17H2,1-2H3. The molecule has 3 rings (SSSR count). The van der Waals surface area contributed by atoms with Crippen molar-refractivity contribution in [3.8, 4) is 0 Å². The number of nitrogens with zero attached hydrogens (tertiary/aromatic N) is 2. The summed E-state index contributed by atoms with van der Waals surface area (Å²) in [6, 6.07) is 5.84. The van der Waals surface area contributed by atoms with Gasteiger partial charge >= 0.3 is 0 Å². The van der Waals surface area contributed by atoms with Crippen LogP contribution in [0.1, 0.15) is 37.6 Å². The first-order valence-electron chi connectivity index (χ1n) is 7.57. The van der Waals surface area contributed by atoms with Crippen molar-refractivity contribution >= 4 is 22.9 Å². The predicted molar refractivity (Wildman–Crippen MR) is 86.5 cm³/mol. The van der Waals surface area contributed by atoms with Gasteiger partial charge in [0.05, 0.1) is 10.4 Å². The van der Waals surface area contributed by atoms with Gasteiger partial charge in [-0.05, 0) is 45.4 Å². The molecule has 3 heterocycles. The van der Waals surface area contributed by atoms with Gasteiger partial charge < -0.3 is 5.73 Å². The van der Waals surface area contributed by atoms with Crippen LogP contribution in [-0.4, -0.2) is 47.6 Å². The summed E-state index contributed by atoms with van der Waals surface area (Å²) in [5, 5.41) is 0. The summed E-state index contributed by atoms with van der Waals surface area (Å²) in [5.41, 5.74) is 6.32. The number of hydrogen-bond acceptors (Lipinski definition) is 4. The first kappa shape index (κ1) is 14.8. The number of piperazine rings is 1. The molecule has 1 aromatic rings. The molecule has 4 atom stereocenters. The summed E-state index contributed by atoms with van der Waals surface area (Å²) in [4.78, 5) is 6.57. The maximum atomic E-state index is 6.32. The van der Waals surface area contributed by atoms with E-state index in [1.165, 1.54) is 30.8 Å². The third-order valence-electron chi connectivity index (χ3n) is 4.73. The second-order valence-corrected chi connectivity index (χ2v) is 8.03. The van der Waals surface area contributed by atoms with Crippen molar-refractivity contribution in [1.82, 2.24) is 9.80 Å². The van der Waals surface area contributed by atoms with Crippen molar-refractivity contribution in [2.75, 3.05) is 19.6 Å². The number of halogens is 1. The Bertz CT molecular complexity index is 462. The first-order chi connectivity index (χ1) is 9.56. The molecule has 2 aliphatic heterocycles. The van der Waals surface area contributed by atoms with E-state index in [0.29, 0.717) is 12.1 Å². The lowest BCUT2D eigenvalue weighted by Gasteiger charge is -2.47. The van der Waals surface area contributed by atoms with Crippen LogP contribution >= 0.6 is 22.9 Å². The summed E-state index contributed by atoms with van der Waals surface area (Å²) < 4.78 is 0.859. The first-order valence-corrected chi connectivity index (χ1v) is 8.76. The van der Waals surface area contributed by atoms with Crippen LogP contribution in [-0.2, 0) is 0 Å². The minimum absolute atomic E-state index is 0.125. The topological polar surface area (TPSA) is 32.5 Å². The van der Waals surface area contributed by atoms with Crippen molar-refractivity contribution < 1.29 is 0 Å². The molecule has 0 saturated carbocycles. The average Bonchev–Trinajstić information content (AvgIpc) is 2.98. The lowest BCUT2D eigenvalue weighted by atomic mass is 10.00. The maximum absolute atomic E-state index is 6.32. The van der Waals surface area contributed by atoms with Crippen LogP contribution < -0.4 is 5.73 Å². The normalized spacial score (nSPS) is 31.2. The highest BCUT2D eigenvalue weighted by Gasteiger charge is 2.39. The third kappa shape index (κ3) is 2.77. The summed E-state index contributed by atoms with van der Waals surface area (Å²) >= 11 is 7.80. The fourth-order valence-electron chi connectivity index (χ4n) is 3.81. The zero-order chi connectivity index (χ0) is 14.3. The largest absolute Gasteiger partial charge is 0.326 e. The van der Waals surface area contributed by atoms with E-state index in [9.17, 15) is 0 Å². The van der Waals surface area contributed by atoms with E-state index in [-0.39, 0.29) is 6.04 Å². The fourth-order valence-corrected chi connectivity index (χ4v) is 5.11. The van der Waals surface area contributed by atoms with Crippen LogP contribution in [0, 0.1) is 0 Å². The van der Waals surface area contributed by atoms with Crippen molar-refractivity contribution in [1.29, 1.82) is 0 Å². The third-order valence-corrected chi connectivity index (χ3v) is 6.03. The van der Waals surface area contributed by atoms with Crippen LogP contribution in [0.25, 0.3) is 0 Å². The van der Waals surface area contributed by atoms with E-state index < -0.39 is 0 Å². The highest BCUT2D eigenvalue weighted by atomic mass is 35.5. The molecule has 0 bridgehead atoms. The Balaban J connectivity index is 1.83. The van der Waals surface area contributed by atoms with E-state index in [1.54, 1.807) is 11.3 Å². The summed E-state index contributed by atoms with van der Waals surface area (Å²) in [6.07, 6.45) is 2.68. The van der Waals surface area contributed by atoms with Crippen molar-refractivity contribution in [3.63, 3.8) is 0 Å². The van der Waals surface area contributed by atoms with Gasteiger partial charge in [-0.25, -0.2) is 0 Å². The summed E-state index contributed by atoms with van der Waals surface area (Å²) in [6.45, 7) is 8.04. The minimum atomic E-state index is 0.125. The molecule has 0 amide bonds. The van der Waals surface area contributed by atoms with E-state index in [1.807, 2.05) is 6.07 Å². The van der Waals surface area contributed by atoms with Gasteiger partial charge in [-0.3, -0.25) is 9.80 Å². The summed E-state index contributed by atoms with van der Waals surface area (Å²) in [7, 11) is 0. The zero-order valence-corrected chi connectivity index (χ0v) is 13.8. The van der Waals surface area contributed by atoms with Gasteiger partial charge in [-0.15, -0.1) is 11.3 Å². The van der Waals surface area contributed by atoms with Gasteiger partial charge in [0.25, 0.3) is 0 Å². The number of thiophene rings is 1. The quantitative estimate of drug-likeness (QED) is 0.931. The highest BCUT2D eigenvalue weighted by Crippen LogP contribution is 2.36. The Morgan fingerprint density at radius 3 is 2.85 bits per heavy atom. The van der Waals surface area contributed by atoms with Gasteiger partial charge in [-0.2, -0.15) is 0 Å². The van der Waals surface area contributed by atoms with Crippen LogP contribution in [0.3, 0.4) is 0 Å². The van der Waals surface area contributed by atoms with Crippen molar-refractivity contribution in [2.45, 2.75) is 50.9 Å². The molecule has 20 heavy (non-hydrogen) atoms.